The van der Waals surface area contributed by atoms with Gasteiger partial charge in [0.25, 0.3) is 0 Å². The molecule has 0 spiro atoms. The first kappa shape index (κ1) is 60.6. The first-order chi connectivity index (χ1) is 31.0. The maximum atomic E-state index is 12.8. The van der Waals surface area contributed by atoms with E-state index >= 15 is 0 Å². The van der Waals surface area contributed by atoms with E-state index in [0.717, 1.165) is 70.6 Å². The molecule has 0 amide bonds. The van der Waals surface area contributed by atoms with Gasteiger partial charge in [0.1, 0.15) is 13.2 Å². The highest BCUT2D eigenvalue weighted by Gasteiger charge is 2.19. The van der Waals surface area contributed by atoms with Crippen LogP contribution in [0.4, 0.5) is 0 Å². The fourth-order valence-electron chi connectivity index (χ4n) is 7.94. The highest BCUT2D eigenvalue weighted by molar-refractivity contribution is 5.71. The van der Waals surface area contributed by atoms with Crippen LogP contribution < -0.4 is 0 Å². The van der Waals surface area contributed by atoms with Crippen molar-refractivity contribution < 1.29 is 28.6 Å². The Morgan fingerprint density at radius 2 is 0.571 bits per heavy atom. The molecule has 0 radical (unpaired) electrons. The van der Waals surface area contributed by atoms with E-state index in [2.05, 4.69) is 57.2 Å². The fraction of sp³-hybridized carbons (Fsp3) is 0.842. The number of carbonyl (C=O) groups is 3. The van der Waals surface area contributed by atoms with Crippen molar-refractivity contribution in [2.45, 2.75) is 297 Å². The van der Waals surface area contributed by atoms with Gasteiger partial charge in [0.05, 0.1) is 0 Å². The standard InChI is InChI=1S/C57H104O6/c1-4-7-10-13-16-19-22-24-26-28-29-30-32-33-35-38-41-44-47-50-56(59)62-53-54(52-61-55(58)49-46-43-40-37-21-18-15-12-9-6-3)63-57(60)51-48-45-42-39-36-34-31-27-25-23-20-17-14-11-8-5-2/h16,19,24,26-27,31,54H,4-15,17-18,20-23,25,28-30,32-53H2,1-3H3/b19-16-,26-24-,31-27-. The summed E-state index contributed by atoms with van der Waals surface area (Å²) in [6.45, 7) is 6.62. The van der Waals surface area contributed by atoms with Crippen LogP contribution in [0.5, 0.6) is 0 Å². The minimum Gasteiger partial charge on any atom is -0.462 e. The summed E-state index contributed by atoms with van der Waals surface area (Å²) >= 11 is 0. The van der Waals surface area contributed by atoms with Crippen LogP contribution in [0.1, 0.15) is 290 Å². The number of allylic oxidation sites excluding steroid dienone is 6. The van der Waals surface area contributed by atoms with Crippen molar-refractivity contribution in [2.24, 2.45) is 0 Å². The molecule has 1 unspecified atom stereocenters. The Hall–Kier alpha value is -2.37. The zero-order valence-corrected chi connectivity index (χ0v) is 42.1. The number of unbranched alkanes of at least 4 members (excludes halogenated alkanes) is 33. The summed E-state index contributed by atoms with van der Waals surface area (Å²) in [5, 5.41) is 0. The van der Waals surface area contributed by atoms with Gasteiger partial charge in [-0.1, -0.05) is 231 Å². The molecule has 0 aromatic rings. The molecule has 63 heavy (non-hydrogen) atoms. The topological polar surface area (TPSA) is 78.9 Å². The molecule has 0 aliphatic carbocycles. The van der Waals surface area contributed by atoms with Gasteiger partial charge in [-0.3, -0.25) is 14.4 Å². The second-order valence-electron chi connectivity index (χ2n) is 18.5. The fourth-order valence-corrected chi connectivity index (χ4v) is 7.94. The molecule has 1 atom stereocenters. The van der Waals surface area contributed by atoms with Crippen LogP contribution in [-0.4, -0.2) is 37.2 Å². The summed E-state index contributed by atoms with van der Waals surface area (Å²) in [5.74, 6) is -0.875. The van der Waals surface area contributed by atoms with Gasteiger partial charge in [0, 0.05) is 19.3 Å². The third kappa shape index (κ3) is 50.5. The van der Waals surface area contributed by atoms with Gasteiger partial charge in [0.15, 0.2) is 6.10 Å². The van der Waals surface area contributed by atoms with Crippen molar-refractivity contribution in [1.82, 2.24) is 0 Å². The Labute approximate surface area is 391 Å². The molecule has 0 aliphatic rings. The SMILES string of the molecule is CCCCC/C=C\C/C=C\CCCCCCCCCCCC(=O)OCC(COC(=O)CCCCCCCCCCCC)OC(=O)CCCCCCC/C=C\CCCCCCCCC. The molecule has 0 heterocycles. The number of rotatable bonds is 50. The predicted octanol–water partition coefficient (Wildman–Crippen LogP) is 18.1. The van der Waals surface area contributed by atoms with Gasteiger partial charge in [-0.2, -0.15) is 0 Å². The first-order valence-corrected chi connectivity index (χ1v) is 27.5. The molecule has 0 saturated heterocycles. The lowest BCUT2D eigenvalue weighted by Gasteiger charge is -2.18. The molecule has 6 heteroatoms. The van der Waals surface area contributed by atoms with E-state index in [0.29, 0.717) is 19.3 Å². The molecule has 6 nitrogen and oxygen atoms in total. The maximum Gasteiger partial charge on any atom is 0.306 e. The molecular formula is C57H104O6. The zero-order chi connectivity index (χ0) is 45.8. The summed E-state index contributed by atoms with van der Waals surface area (Å²) in [5.41, 5.74) is 0. The average Bonchev–Trinajstić information content (AvgIpc) is 3.28. The lowest BCUT2D eigenvalue weighted by atomic mass is 10.1. The lowest BCUT2D eigenvalue weighted by molar-refractivity contribution is -0.167. The number of hydrogen-bond donors (Lipinski definition) is 0. The maximum absolute atomic E-state index is 12.8. The molecule has 0 aliphatic heterocycles. The Morgan fingerprint density at radius 3 is 0.921 bits per heavy atom. The molecule has 368 valence electrons. The highest BCUT2D eigenvalue weighted by Crippen LogP contribution is 2.15. The van der Waals surface area contributed by atoms with E-state index in [1.54, 1.807) is 0 Å². The number of esters is 3. The summed E-state index contributed by atoms with van der Waals surface area (Å²) in [6.07, 6.45) is 61.3. The van der Waals surface area contributed by atoms with E-state index in [-0.39, 0.29) is 31.1 Å². The second kappa shape index (κ2) is 52.3. The smallest absolute Gasteiger partial charge is 0.306 e. The van der Waals surface area contributed by atoms with Crippen molar-refractivity contribution in [3.8, 4) is 0 Å². The van der Waals surface area contributed by atoms with Crippen molar-refractivity contribution in [2.75, 3.05) is 13.2 Å². The molecule has 0 bridgehead atoms. The number of hydrogen-bond acceptors (Lipinski definition) is 6. The number of carbonyl (C=O) groups excluding carboxylic acids is 3. The van der Waals surface area contributed by atoms with Crippen LogP contribution in [0.3, 0.4) is 0 Å². The van der Waals surface area contributed by atoms with E-state index < -0.39 is 6.10 Å². The van der Waals surface area contributed by atoms with Gasteiger partial charge in [-0.25, -0.2) is 0 Å². The minimum absolute atomic E-state index is 0.0738. The Bertz CT molecular complexity index is 1060. The second-order valence-corrected chi connectivity index (χ2v) is 18.5. The van der Waals surface area contributed by atoms with Gasteiger partial charge < -0.3 is 14.2 Å². The Morgan fingerprint density at radius 1 is 0.317 bits per heavy atom. The summed E-state index contributed by atoms with van der Waals surface area (Å²) in [7, 11) is 0. The quantitative estimate of drug-likeness (QED) is 0.0262. The van der Waals surface area contributed by atoms with E-state index in [9.17, 15) is 14.4 Å². The molecule has 0 aromatic heterocycles. The molecule has 0 aromatic carbocycles. The molecule has 0 fully saturated rings. The van der Waals surface area contributed by atoms with Gasteiger partial charge in [-0.15, -0.1) is 0 Å². The van der Waals surface area contributed by atoms with Crippen LogP contribution in [0.2, 0.25) is 0 Å². The van der Waals surface area contributed by atoms with Crippen LogP contribution >= 0.6 is 0 Å². The van der Waals surface area contributed by atoms with Gasteiger partial charge >= 0.3 is 17.9 Å². The predicted molar refractivity (Wildman–Crippen MR) is 270 cm³/mol. The van der Waals surface area contributed by atoms with Gasteiger partial charge in [0.2, 0.25) is 0 Å². The van der Waals surface area contributed by atoms with Crippen LogP contribution in [0.15, 0.2) is 36.5 Å². The van der Waals surface area contributed by atoms with Crippen LogP contribution in [0.25, 0.3) is 0 Å². The van der Waals surface area contributed by atoms with E-state index in [1.807, 2.05) is 0 Å². The molecule has 0 saturated carbocycles. The summed E-state index contributed by atoms with van der Waals surface area (Å²) in [4.78, 5) is 38.0. The molecular weight excluding hydrogens is 781 g/mol. The largest absolute Gasteiger partial charge is 0.462 e. The summed E-state index contributed by atoms with van der Waals surface area (Å²) in [6, 6.07) is 0. The minimum atomic E-state index is -0.774. The third-order valence-electron chi connectivity index (χ3n) is 12.1. The van der Waals surface area contributed by atoms with Gasteiger partial charge in [-0.05, 0) is 77.0 Å². The van der Waals surface area contributed by atoms with Crippen molar-refractivity contribution in [3.05, 3.63) is 36.5 Å². The number of ether oxygens (including phenoxy) is 3. The van der Waals surface area contributed by atoms with Crippen LogP contribution in [0, 0.1) is 0 Å². The van der Waals surface area contributed by atoms with E-state index in [4.69, 9.17) is 14.2 Å². The Balaban J connectivity index is 4.31. The lowest BCUT2D eigenvalue weighted by Crippen LogP contribution is -2.30. The highest BCUT2D eigenvalue weighted by atomic mass is 16.6. The monoisotopic (exact) mass is 885 g/mol. The normalized spacial score (nSPS) is 12.2. The van der Waals surface area contributed by atoms with Crippen molar-refractivity contribution in [1.29, 1.82) is 0 Å². The first-order valence-electron chi connectivity index (χ1n) is 27.5. The Kier molecular flexibility index (Phi) is 50.3. The average molecular weight is 885 g/mol. The molecule has 0 rings (SSSR count). The summed E-state index contributed by atoms with van der Waals surface area (Å²) < 4.78 is 16.8. The molecule has 0 N–H and O–H groups in total. The third-order valence-corrected chi connectivity index (χ3v) is 12.1. The van der Waals surface area contributed by atoms with Crippen molar-refractivity contribution in [3.63, 3.8) is 0 Å². The zero-order valence-electron chi connectivity index (χ0n) is 42.1. The van der Waals surface area contributed by atoms with Crippen molar-refractivity contribution >= 4 is 17.9 Å². The van der Waals surface area contributed by atoms with Crippen LogP contribution in [-0.2, 0) is 28.6 Å². The van der Waals surface area contributed by atoms with E-state index in [1.165, 1.54) is 180 Å².